The second-order valence-electron chi connectivity index (χ2n) is 10.2. The Morgan fingerprint density at radius 3 is 1.80 bits per heavy atom. The quantitative estimate of drug-likeness (QED) is 0.314. The summed E-state index contributed by atoms with van der Waals surface area (Å²) in [5.74, 6) is 0. The molecule has 8 nitrogen and oxygen atoms in total. The van der Waals surface area contributed by atoms with Crippen LogP contribution in [0.5, 0.6) is 0 Å². The van der Waals surface area contributed by atoms with Crippen LogP contribution >= 0.6 is 0 Å². The largest absolute Gasteiger partial charge is 0.356 e. The highest BCUT2D eigenvalue weighted by molar-refractivity contribution is 5.96. The number of nitriles is 1. The molecule has 0 radical (unpaired) electrons. The molecule has 0 fully saturated rings. The average Bonchev–Trinajstić information content (AvgIpc) is 3.34. The maximum Gasteiger partial charge on any atom is 0.237 e. The van der Waals surface area contributed by atoms with Crippen molar-refractivity contribution in [3.8, 4) is 6.07 Å². The minimum atomic E-state index is 0.413. The summed E-state index contributed by atoms with van der Waals surface area (Å²) in [6.07, 6.45) is 3.32. The number of aryl methyl sites for hydroxylation is 4. The van der Waals surface area contributed by atoms with Gasteiger partial charge in [-0.2, -0.15) is 5.26 Å². The van der Waals surface area contributed by atoms with Gasteiger partial charge in [0, 0.05) is 42.5 Å². The molecule has 6 rings (SSSR count). The maximum absolute atomic E-state index is 10.4. The summed E-state index contributed by atoms with van der Waals surface area (Å²) in [5.41, 5.74) is 8.95. The fourth-order valence-electron chi connectivity index (χ4n) is 5.46. The van der Waals surface area contributed by atoms with Crippen LogP contribution in [0.15, 0.2) is 48.8 Å². The number of benzene rings is 2. The molecule has 0 unspecified atom stereocenters. The molecular formula is C32H26N8. The van der Waals surface area contributed by atoms with Crippen LogP contribution in [-0.4, -0.2) is 29.1 Å². The van der Waals surface area contributed by atoms with Gasteiger partial charge in [0.1, 0.15) is 17.3 Å². The molecule has 0 atom stereocenters. The van der Waals surface area contributed by atoms with Gasteiger partial charge < -0.3 is 9.13 Å². The SMILES string of the molecule is [C-]#[N+]/C(c1cnc2ccc(C)cc2n1)=c1\c2c(C)n(C)/c(=C(/C#N)c3cnc4ccc(C)cc4n3)c2c(C)n1C. The number of nitrogens with zero attached hydrogens (tertiary/aromatic N) is 8. The summed E-state index contributed by atoms with van der Waals surface area (Å²) in [4.78, 5) is 22.8. The first-order chi connectivity index (χ1) is 19.2. The van der Waals surface area contributed by atoms with E-state index in [9.17, 15) is 5.26 Å². The summed E-state index contributed by atoms with van der Waals surface area (Å²) < 4.78 is 4.03. The highest BCUT2D eigenvalue weighted by atomic mass is 15.0. The van der Waals surface area contributed by atoms with Gasteiger partial charge in [-0.25, -0.2) is 9.83 Å². The third-order valence-corrected chi connectivity index (χ3v) is 7.70. The molecule has 2 aromatic carbocycles. The Balaban J connectivity index is 1.74. The van der Waals surface area contributed by atoms with Crippen LogP contribution in [0.4, 0.5) is 0 Å². The normalized spacial score (nSPS) is 13.0. The second-order valence-corrected chi connectivity index (χ2v) is 10.2. The third kappa shape index (κ3) is 3.65. The first kappa shape index (κ1) is 25.0. The molecule has 0 amide bonds. The minimum absolute atomic E-state index is 0.413. The molecule has 40 heavy (non-hydrogen) atoms. The van der Waals surface area contributed by atoms with Crippen molar-refractivity contribution in [2.24, 2.45) is 14.1 Å². The smallest absolute Gasteiger partial charge is 0.237 e. The topological polar surface area (TPSA) is 89.6 Å². The van der Waals surface area contributed by atoms with E-state index in [1.54, 1.807) is 12.4 Å². The molecule has 0 N–H and O–H groups in total. The lowest BCUT2D eigenvalue weighted by molar-refractivity contribution is 0.826. The van der Waals surface area contributed by atoms with Crippen LogP contribution in [0, 0.1) is 45.6 Å². The first-order valence-electron chi connectivity index (χ1n) is 12.9. The van der Waals surface area contributed by atoms with Gasteiger partial charge in [-0.05, 0) is 63.1 Å². The Bertz CT molecular complexity index is 2090. The Hall–Kier alpha value is -5.34. The number of rotatable bonds is 2. The van der Waals surface area contributed by atoms with E-state index in [1.807, 2.05) is 87.3 Å². The van der Waals surface area contributed by atoms with Crippen molar-refractivity contribution in [1.29, 1.82) is 5.26 Å². The lowest BCUT2D eigenvalue weighted by atomic mass is 10.1. The van der Waals surface area contributed by atoms with E-state index in [1.165, 1.54) is 0 Å². The van der Waals surface area contributed by atoms with E-state index in [0.717, 1.165) is 66.1 Å². The Morgan fingerprint density at radius 2 is 1.25 bits per heavy atom. The van der Waals surface area contributed by atoms with Crippen LogP contribution in [0.2, 0.25) is 0 Å². The zero-order valence-electron chi connectivity index (χ0n) is 23.2. The van der Waals surface area contributed by atoms with Crippen LogP contribution in [0.3, 0.4) is 0 Å². The summed E-state index contributed by atoms with van der Waals surface area (Å²) in [6.45, 7) is 16.2. The predicted octanol–water partition coefficient (Wildman–Crippen LogP) is 4.44. The van der Waals surface area contributed by atoms with Crippen LogP contribution < -0.4 is 10.7 Å². The van der Waals surface area contributed by atoms with Gasteiger partial charge in [0.05, 0.1) is 51.2 Å². The van der Waals surface area contributed by atoms with Crippen molar-refractivity contribution >= 4 is 44.1 Å². The van der Waals surface area contributed by atoms with E-state index in [4.69, 9.17) is 16.5 Å². The van der Waals surface area contributed by atoms with Gasteiger partial charge in [-0.15, -0.1) is 0 Å². The van der Waals surface area contributed by atoms with Crippen LogP contribution in [0.1, 0.15) is 33.9 Å². The summed E-state index contributed by atoms with van der Waals surface area (Å²) in [6, 6.07) is 14.2. The van der Waals surface area contributed by atoms with Crippen LogP contribution in [-0.2, 0) is 14.1 Å². The molecule has 4 heterocycles. The van der Waals surface area contributed by atoms with Crippen molar-refractivity contribution in [3.05, 3.63) is 105 Å². The summed E-state index contributed by atoms with van der Waals surface area (Å²) in [5, 5.41) is 13.7. The molecule has 0 aliphatic heterocycles. The van der Waals surface area contributed by atoms with E-state index in [-0.39, 0.29) is 0 Å². The van der Waals surface area contributed by atoms with Gasteiger partial charge in [0.2, 0.25) is 5.70 Å². The monoisotopic (exact) mass is 522 g/mol. The lowest BCUT2D eigenvalue weighted by Crippen LogP contribution is -2.22. The van der Waals surface area contributed by atoms with Crippen molar-refractivity contribution in [1.82, 2.24) is 29.1 Å². The predicted molar refractivity (Wildman–Crippen MR) is 156 cm³/mol. The molecule has 0 saturated carbocycles. The zero-order valence-corrected chi connectivity index (χ0v) is 23.2. The molecule has 4 aromatic heterocycles. The number of fused-ring (bicyclic) bond motifs is 3. The van der Waals surface area contributed by atoms with Crippen molar-refractivity contribution in [3.63, 3.8) is 0 Å². The highest BCUT2D eigenvalue weighted by Crippen LogP contribution is 2.24. The van der Waals surface area contributed by atoms with E-state index in [0.29, 0.717) is 22.7 Å². The highest BCUT2D eigenvalue weighted by Gasteiger charge is 2.22. The molecule has 0 bridgehead atoms. The second kappa shape index (κ2) is 9.14. The third-order valence-electron chi connectivity index (χ3n) is 7.70. The number of hydrogen-bond donors (Lipinski definition) is 0. The minimum Gasteiger partial charge on any atom is -0.356 e. The fraction of sp³-hybridized carbons (Fsp3) is 0.188. The molecule has 8 heteroatoms. The molecule has 194 valence electrons. The van der Waals surface area contributed by atoms with Crippen molar-refractivity contribution in [2.45, 2.75) is 27.7 Å². The maximum atomic E-state index is 10.4. The number of aromatic nitrogens is 6. The Labute approximate surface area is 231 Å². The average molecular weight is 523 g/mol. The summed E-state index contributed by atoms with van der Waals surface area (Å²) in [7, 11) is 3.89. The fourth-order valence-corrected chi connectivity index (χ4v) is 5.46. The van der Waals surface area contributed by atoms with Gasteiger partial charge >= 0.3 is 0 Å². The van der Waals surface area contributed by atoms with Gasteiger partial charge in [-0.3, -0.25) is 15.0 Å². The molecule has 0 aliphatic rings. The van der Waals surface area contributed by atoms with Crippen molar-refractivity contribution in [2.75, 3.05) is 0 Å². The molecule has 0 saturated heterocycles. The standard InChI is InChI=1S/C32H26N8/c1-17-8-10-22-24(12-17)37-26(15-35-22)21(14-33)31-28-19(3)40(7)32(29(28)20(4)39(31)6)30(34-5)27-16-36-23-11-9-18(2)13-25(23)38-27/h8-13,15-16H,1-4,6-7H3/b31-21-,32-30+. The van der Waals surface area contributed by atoms with E-state index < -0.39 is 0 Å². The van der Waals surface area contributed by atoms with Gasteiger partial charge in [0.25, 0.3) is 0 Å². The van der Waals surface area contributed by atoms with E-state index >= 15 is 0 Å². The zero-order chi connectivity index (χ0) is 28.3. The molecule has 0 spiro atoms. The Kier molecular flexibility index (Phi) is 5.71. The molecular weight excluding hydrogens is 496 g/mol. The first-order valence-corrected chi connectivity index (χ1v) is 12.9. The van der Waals surface area contributed by atoms with Gasteiger partial charge in [-0.1, -0.05) is 12.1 Å². The van der Waals surface area contributed by atoms with E-state index in [2.05, 4.69) is 20.9 Å². The number of hydrogen-bond acceptors (Lipinski definition) is 5. The summed E-state index contributed by atoms with van der Waals surface area (Å²) >= 11 is 0. The lowest BCUT2D eigenvalue weighted by Gasteiger charge is -2.07. The van der Waals surface area contributed by atoms with Crippen LogP contribution in [0.25, 0.3) is 49.0 Å². The molecule has 0 aliphatic carbocycles. The van der Waals surface area contributed by atoms with Crippen molar-refractivity contribution < 1.29 is 0 Å². The Morgan fingerprint density at radius 1 is 0.750 bits per heavy atom. The van der Waals surface area contributed by atoms with Gasteiger partial charge in [0.15, 0.2) is 0 Å². The molecule has 6 aromatic rings.